The van der Waals surface area contributed by atoms with Crippen LogP contribution in [-0.2, 0) is 29.4 Å². The van der Waals surface area contributed by atoms with Crippen molar-refractivity contribution in [2.24, 2.45) is 0 Å². The lowest BCUT2D eigenvalue weighted by Crippen LogP contribution is -2.46. The maximum Gasteiger partial charge on any atom is 0.408 e. The quantitative estimate of drug-likeness (QED) is 0.122. The van der Waals surface area contributed by atoms with Gasteiger partial charge in [0.25, 0.3) is 5.91 Å². The molecule has 48 heavy (non-hydrogen) atoms. The number of nitrogens with zero attached hydrogens (tertiary/aromatic N) is 4. The summed E-state index contributed by atoms with van der Waals surface area (Å²) in [4.78, 5) is 59.9. The summed E-state index contributed by atoms with van der Waals surface area (Å²) in [5, 5.41) is 13.2. The summed E-state index contributed by atoms with van der Waals surface area (Å²) >= 11 is 6.29. The average molecular weight is 696 g/mol. The van der Waals surface area contributed by atoms with Gasteiger partial charge >= 0.3 is 6.09 Å². The van der Waals surface area contributed by atoms with Gasteiger partial charge in [0.15, 0.2) is 5.78 Å². The van der Waals surface area contributed by atoms with Gasteiger partial charge in [-0.2, -0.15) is 0 Å². The lowest BCUT2D eigenvalue weighted by Gasteiger charge is -2.33. The second kappa shape index (κ2) is 15.5. The summed E-state index contributed by atoms with van der Waals surface area (Å²) in [7, 11) is -1.34. The molecule has 0 radical (unpaired) electrons. The number of ether oxygens (including phenoxy) is 1. The SMILES string of the molecule is CC(C)(C)N(Cc1ccc(Cl)cc1CNC(=O)C1CCCN1C(=O)c1cc(C(=O)c2cccnc2)cn1COCC[Si](C)(C)C)C(=O)O. The molecule has 1 unspecified atom stereocenters. The first kappa shape index (κ1) is 36.8. The number of halogens is 1. The van der Waals surface area contributed by atoms with E-state index in [9.17, 15) is 24.3 Å². The number of ketones is 1. The smallest absolute Gasteiger partial charge is 0.408 e. The predicted octanol–water partition coefficient (Wildman–Crippen LogP) is 6.28. The number of aromatic nitrogens is 2. The molecule has 13 heteroatoms. The van der Waals surface area contributed by atoms with Gasteiger partial charge in [-0.1, -0.05) is 37.3 Å². The second-order valence-electron chi connectivity index (χ2n) is 14.3. The van der Waals surface area contributed by atoms with Crippen molar-refractivity contribution < 1.29 is 29.0 Å². The van der Waals surface area contributed by atoms with Crippen LogP contribution in [0.4, 0.5) is 4.79 Å². The Kier molecular flexibility index (Phi) is 11.9. The number of carbonyl (C=O) groups is 4. The van der Waals surface area contributed by atoms with Crippen molar-refractivity contribution in [1.29, 1.82) is 0 Å². The number of amides is 3. The number of likely N-dealkylation sites (tertiary alicyclic amines) is 1. The third-order valence-electron chi connectivity index (χ3n) is 8.34. The van der Waals surface area contributed by atoms with Crippen LogP contribution in [0, 0.1) is 0 Å². The molecule has 11 nitrogen and oxygen atoms in total. The highest BCUT2D eigenvalue weighted by molar-refractivity contribution is 6.76. The van der Waals surface area contributed by atoms with E-state index in [1.54, 1.807) is 58.3 Å². The zero-order valence-corrected chi connectivity index (χ0v) is 30.3. The molecule has 0 bridgehead atoms. The summed E-state index contributed by atoms with van der Waals surface area (Å²) in [5.74, 6) is -0.954. The number of benzene rings is 1. The lowest BCUT2D eigenvalue weighted by molar-refractivity contribution is -0.125. The van der Waals surface area contributed by atoms with Crippen molar-refractivity contribution in [1.82, 2.24) is 24.7 Å². The van der Waals surface area contributed by atoms with E-state index in [0.29, 0.717) is 53.3 Å². The van der Waals surface area contributed by atoms with Gasteiger partial charge in [0, 0.05) is 74.6 Å². The van der Waals surface area contributed by atoms with E-state index >= 15 is 0 Å². The van der Waals surface area contributed by atoms with E-state index in [1.807, 2.05) is 20.8 Å². The van der Waals surface area contributed by atoms with Gasteiger partial charge in [0.1, 0.15) is 18.5 Å². The van der Waals surface area contributed by atoms with E-state index in [1.165, 1.54) is 11.1 Å². The number of hydrogen-bond acceptors (Lipinski definition) is 6. The molecule has 1 aliphatic rings. The first-order chi connectivity index (χ1) is 22.5. The topological polar surface area (TPSA) is 134 Å². The molecule has 1 saturated heterocycles. The number of rotatable bonds is 13. The number of carboxylic acid groups (broad SMARTS) is 1. The van der Waals surface area contributed by atoms with Crippen molar-refractivity contribution in [3.05, 3.63) is 88.0 Å². The van der Waals surface area contributed by atoms with E-state index in [4.69, 9.17) is 16.3 Å². The first-order valence-electron chi connectivity index (χ1n) is 16.1. The highest BCUT2D eigenvalue weighted by atomic mass is 35.5. The Bertz CT molecular complexity index is 1630. The minimum Gasteiger partial charge on any atom is -0.465 e. The van der Waals surface area contributed by atoms with Crippen molar-refractivity contribution in [3.8, 4) is 0 Å². The van der Waals surface area contributed by atoms with Crippen LogP contribution in [-0.4, -0.2) is 81.0 Å². The number of nitrogens with one attached hydrogen (secondary N) is 1. The van der Waals surface area contributed by atoms with E-state index in [-0.39, 0.29) is 43.1 Å². The molecule has 258 valence electrons. The van der Waals surface area contributed by atoms with Crippen LogP contribution in [0.1, 0.15) is 71.1 Å². The fraction of sp³-hybridized carbons (Fsp3) is 0.457. The van der Waals surface area contributed by atoms with Crippen molar-refractivity contribution >= 4 is 43.4 Å². The Morgan fingerprint density at radius 1 is 1.10 bits per heavy atom. The Hall–Kier alpha value is -4.00. The van der Waals surface area contributed by atoms with Gasteiger partial charge in [0.05, 0.1) is 0 Å². The van der Waals surface area contributed by atoms with E-state index in [2.05, 4.69) is 29.9 Å². The predicted molar refractivity (Wildman–Crippen MR) is 187 cm³/mol. The van der Waals surface area contributed by atoms with Crippen LogP contribution in [0.25, 0.3) is 0 Å². The van der Waals surface area contributed by atoms with Crippen molar-refractivity contribution in [2.75, 3.05) is 13.2 Å². The number of pyridine rings is 1. The largest absolute Gasteiger partial charge is 0.465 e. The fourth-order valence-electron chi connectivity index (χ4n) is 5.53. The molecule has 1 aliphatic heterocycles. The van der Waals surface area contributed by atoms with Crippen LogP contribution < -0.4 is 5.32 Å². The fourth-order valence-corrected chi connectivity index (χ4v) is 6.48. The third kappa shape index (κ3) is 9.54. The molecule has 3 heterocycles. The molecule has 1 aromatic carbocycles. The molecule has 1 fully saturated rings. The van der Waals surface area contributed by atoms with Gasteiger partial charge in [-0.15, -0.1) is 0 Å². The summed E-state index contributed by atoms with van der Waals surface area (Å²) in [5.41, 5.74) is 1.76. The zero-order chi connectivity index (χ0) is 35.2. The van der Waals surface area contributed by atoms with Gasteiger partial charge in [-0.25, -0.2) is 4.79 Å². The standard InChI is InChI=1S/C35H46ClN5O6Si/c1-35(2,3)41(34(45)46)22-25-11-12-28(36)17-26(25)20-38-32(43)29-10-8-14-40(29)33(44)30-18-27(31(42)24-9-7-13-37-19-24)21-39(30)23-47-15-16-48(4,5)6/h7,9,11-13,17-19,21,29H,8,10,14-16,20,22-23H2,1-6H3,(H,38,43)(H,45,46). The summed E-state index contributed by atoms with van der Waals surface area (Å²) < 4.78 is 7.61. The molecular formula is C35H46ClN5O6Si. The van der Waals surface area contributed by atoms with Gasteiger partial charge < -0.3 is 24.6 Å². The Morgan fingerprint density at radius 3 is 2.50 bits per heavy atom. The highest BCUT2D eigenvalue weighted by Gasteiger charge is 2.36. The molecule has 0 aliphatic carbocycles. The molecule has 0 saturated carbocycles. The Morgan fingerprint density at radius 2 is 1.85 bits per heavy atom. The number of hydrogen-bond donors (Lipinski definition) is 2. The normalized spacial score (nSPS) is 15.0. The van der Waals surface area contributed by atoms with Crippen molar-refractivity contribution in [3.63, 3.8) is 0 Å². The van der Waals surface area contributed by atoms with E-state index in [0.717, 1.165) is 6.04 Å². The average Bonchev–Trinajstić information content (AvgIpc) is 3.68. The summed E-state index contributed by atoms with van der Waals surface area (Å²) in [6.45, 7) is 13.5. The van der Waals surface area contributed by atoms with E-state index < -0.39 is 25.7 Å². The Labute approximate surface area is 288 Å². The summed E-state index contributed by atoms with van der Waals surface area (Å²) in [6, 6.07) is 10.3. The van der Waals surface area contributed by atoms with Gasteiger partial charge in [-0.3, -0.25) is 24.3 Å². The molecule has 3 aromatic rings. The van der Waals surface area contributed by atoms with Crippen LogP contribution in [0.5, 0.6) is 0 Å². The lowest BCUT2D eigenvalue weighted by atomic mass is 10.0. The first-order valence-corrected chi connectivity index (χ1v) is 20.2. The van der Waals surface area contributed by atoms with Crippen LogP contribution in [0.2, 0.25) is 30.7 Å². The van der Waals surface area contributed by atoms with Crippen LogP contribution in [0.15, 0.2) is 55.0 Å². The number of carbonyl (C=O) groups excluding carboxylic acids is 3. The summed E-state index contributed by atoms with van der Waals surface area (Å²) in [6.07, 6.45) is 4.77. The second-order valence-corrected chi connectivity index (χ2v) is 20.4. The zero-order valence-electron chi connectivity index (χ0n) is 28.6. The molecule has 2 aromatic heterocycles. The van der Waals surface area contributed by atoms with Crippen LogP contribution in [0.3, 0.4) is 0 Å². The third-order valence-corrected chi connectivity index (χ3v) is 10.3. The molecule has 2 N–H and O–H groups in total. The van der Waals surface area contributed by atoms with Gasteiger partial charge in [-0.05, 0) is 81.1 Å². The molecular weight excluding hydrogens is 650 g/mol. The van der Waals surface area contributed by atoms with Crippen LogP contribution >= 0.6 is 11.6 Å². The molecule has 3 amide bonds. The highest BCUT2D eigenvalue weighted by Crippen LogP contribution is 2.25. The molecule has 4 rings (SSSR count). The maximum atomic E-state index is 14.1. The molecule has 1 atom stereocenters. The molecule has 0 spiro atoms. The van der Waals surface area contributed by atoms with Crippen molar-refractivity contribution in [2.45, 2.75) is 90.7 Å². The monoisotopic (exact) mass is 695 g/mol. The minimum absolute atomic E-state index is 0.0933. The van der Waals surface area contributed by atoms with Gasteiger partial charge in [0.2, 0.25) is 5.91 Å². The maximum absolute atomic E-state index is 14.1. The minimum atomic E-state index is -1.34. The Balaban J connectivity index is 1.53.